The molecule has 0 saturated heterocycles. The molecule has 5 nitrogen and oxygen atoms in total. The molecular formula is C19H21F3N2O3S. The van der Waals surface area contributed by atoms with Crippen molar-refractivity contribution in [3.05, 3.63) is 65.2 Å². The lowest BCUT2D eigenvalue weighted by atomic mass is 10.1. The zero-order chi connectivity index (χ0) is 21.1. The third kappa shape index (κ3) is 5.72. The lowest BCUT2D eigenvalue weighted by molar-refractivity contribution is -0.137. The van der Waals surface area contributed by atoms with Crippen LogP contribution < -0.4 is 9.62 Å². The first-order valence-corrected chi connectivity index (χ1v) is 10.2. The zero-order valence-electron chi connectivity index (χ0n) is 15.6. The molecule has 0 unspecified atom stereocenters. The van der Waals surface area contributed by atoms with Gasteiger partial charge in [-0.15, -0.1) is 0 Å². The molecule has 0 aliphatic rings. The summed E-state index contributed by atoms with van der Waals surface area (Å²) < 4.78 is 63.6. The Bertz CT molecular complexity index is 942. The summed E-state index contributed by atoms with van der Waals surface area (Å²) in [5.41, 5.74) is 0.654. The van der Waals surface area contributed by atoms with Gasteiger partial charge in [0.25, 0.3) is 0 Å². The predicted molar refractivity (Wildman–Crippen MR) is 101 cm³/mol. The number of carbonyl (C=O) groups is 1. The maximum Gasteiger partial charge on any atom is 0.416 e. The molecule has 0 fully saturated rings. The Kier molecular flexibility index (Phi) is 6.38. The van der Waals surface area contributed by atoms with Crippen LogP contribution in [0.15, 0.2) is 48.5 Å². The van der Waals surface area contributed by atoms with Gasteiger partial charge in [-0.1, -0.05) is 35.9 Å². The number of amides is 1. The molecule has 2 rings (SSSR count). The molecule has 0 aliphatic heterocycles. The van der Waals surface area contributed by atoms with Crippen LogP contribution in [0.1, 0.15) is 29.7 Å². The number of rotatable bonds is 6. The van der Waals surface area contributed by atoms with E-state index in [1.54, 1.807) is 6.92 Å². The molecule has 1 amide bonds. The van der Waals surface area contributed by atoms with Crippen molar-refractivity contribution in [2.45, 2.75) is 26.1 Å². The van der Waals surface area contributed by atoms with Crippen LogP contribution in [-0.2, 0) is 21.0 Å². The minimum absolute atomic E-state index is 0.226. The van der Waals surface area contributed by atoms with Gasteiger partial charge in [0.1, 0.15) is 6.54 Å². The summed E-state index contributed by atoms with van der Waals surface area (Å²) in [4.78, 5) is 12.4. The van der Waals surface area contributed by atoms with Crippen molar-refractivity contribution in [1.82, 2.24) is 5.32 Å². The summed E-state index contributed by atoms with van der Waals surface area (Å²) in [6.45, 7) is 3.03. The lowest BCUT2D eigenvalue weighted by Crippen LogP contribution is -2.41. The Morgan fingerprint density at radius 3 is 2.29 bits per heavy atom. The fraction of sp³-hybridized carbons (Fsp3) is 0.316. The van der Waals surface area contributed by atoms with Crippen molar-refractivity contribution in [2.75, 3.05) is 17.1 Å². The molecule has 0 bridgehead atoms. The number of halogens is 3. The number of sulfonamides is 1. The summed E-state index contributed by atoms with van der Waals surface area (Å²) in [6.07, 6.45) is -3.79. The molecule has 0 aromatic heterocycles. The monoisotopic (exact) mass is 414 g/mol. The highest BCUT2D eigenvalue weighted by atomic mass is 32.2. The summed E-state index contributed by atoms with van der Waals surface area (Å²) in [5, 5.41) is 2.67. The highest BCUT2D eigenvalue weighted by Gasteiger charge is 2.32. The van der Waals surface area contributed by atoms with Crippen LogP contribution in [0.25, 0.3) is 0 Å². The van der Waals surface area contributed by atoms with Crippen LogP contribution in [0.2, 0.25) is 0 Å². The maximum absolute atomic E-state index is 12.9. The maximum atomic E-state index is 12.9. The summed E-state index contributed by atoms with van der Waals surface area (Å²) >= 11 is 0. The molecule has 9 heteroatoms. The molecule has 2 aromatic rings. The van der Waals surface area contributed by atoms with Gasteiger partial charge in [-0.25, -0.2) is 8.42 Å². The number of nitrogens with one attached hydrogen (secondary N) is 1. The summed E-state index contributed by atoms with van der Waals surface area (Å²) in [5.74, 6) is -0.629. The van der Waals surface area contributed by atoms with Gasteiger partial charge < -0.3 is 5.32 Å². The van der Waals surface area contributed by atoms with Gasteiger partial charge in [0.05, 0.1) is 23.5 Å². The van der Waals surface area contributed by atoms with E-state index >= 15 is 0 Å². The molecule has 28 heavy (non-hydrogen) atoms. The first kappa shape index (κ1) is 21.7. The molecule has 0 aliphatic carbocycles. The minimum atomic E-state index is -4.62. The quantitative estimate of drug-likeness (QED) is 0.785. The van der Waals surface area contributed by atoms with Gasteiger partial charge >= 0.3 is 6.18 Å². The van der Waals surface area contributed by atoms with Gasteiger partial charge in [0.2, 0.25) is 15.9 Å². The number of nitrogens with zero attached hydrogens (tertiary/aromatic N) is 1. The molecule has 0 heterocycles. The molecule has 0 radical (unpaired) electrons. The number of anilines is 1. The van der Waals surface area contributed by atoms with Crippen molar-refractivity contribution < 1.29 is 26.4 Å². The number of alkyl halides is 3. The summed E-state index contributed by atoms with van der Waals surface area (Å²) in [7, 11) is -3.98. The Balaban J connectivity index is 2.21. The van der Waals surface area contributed by atoms with E-state index in [1.165, 1.54) is 6.07 Å². The Morgan fingerprint density at radius 1 is 1.14 bits per heavy atom. The molecule has 0 saturated carbocycles. The second kappa shape index (κ2) is 8.22. The van der Waals surface area contributed by atoms with E-state index in [2.05, 4.69) is 5.32 Å². The molecule has 0 spiro atoms. The van der Waals surface area contributed by atoms with Crippen LogP contribution in [0.4, 0.5) is 18.9 Å². The normalized spacial score (nSPS) is 13.1. The third-order valence-electron chi connectivity index (χ3n) is 4.10. The fourth-order valence-electron chi connectivity index (χ4n) is 2.59. The van der Waals surface area contributed by atoms with E-state index in [0.717, 1.165) is 29.5 Å². The number of hydrogen-bond acceptors (Lipinski definition) is 3. The van der Waals surface area contributed by atoms with Crippen molar-refractivity contribution >= 4 is 21.6 Å². The number of benzene rings is 2. The molecule has 2 aromatic carbocycles. The van der Waals surface area contributed by atoms with Gasteiger partial charge in [-0.3, -0.25) is 9.10 Å². The van der Waals surface area contributed by atoms with Crippen molar-refractivity contribution in [2.24, 2.45) is 0 Å². The van der Waals surface area contributed by atoms with E-state index in [-0.39, 0.29) is 5.69 Å². The van der Waals surface area contributed by atoms with Crippen molar-refractivity contribution in [1.29, 1.82) is 0 Å². The van der Waals surface area contributed by atoms with E-state index in [4.69, 9.17) is 0 Å². The van der Waals surface area contributed by atoms with Gasteiger partial charge in [-0.05, 0) is 37.6 Å². The Morgan fingerprint density at radius 2 is 1.75 bits per heavy atom. The SMILES string of the molecule is Cc1ccc([C@H](C)NC(=O)CN(c2cccc(C(F)(F)F)c2)S(C)(=O)=O)cc1. The van der Waals surface area contributed by atoms with Crippen LogP contribution in [0.3, 0.4) is 0 Å². The largest absolute Gasteiger partial charge is 0.416 e. The fourth-order valence-corrected chi connectivity index (χ4v) is 3.44. The highest BCUT2D eigenvalue weighted by molar-refractivity contribution is 7.92. The molecule has 1 N–H and O–H groups in total. The average Bonchev–Trinajstić information content (AvgIpc) is 2.58. The number of carbonyl (C=O) groups excluding carboxylic acids is 1. The van der Waals surface area contributed by atoms with Crippen LogP contribution >= 0.6 is 0 Å². The third-order valence-corrected chi connectivity index (χ3v) is 5.24. The minimum Gasteiger partial charge on any atom is -0.348 e. The van der Waals surface area contributed by atoms with Crippen molar-refractivity contribution in [3.8, 4) is 0 Å². The standard InChI is InChI=1S/C19H21F3N2O3S/c1-13-7-9-15(10-8-13)14(2)23-18(25)12-24(28(3,26)27)17-6-4-5-16(11-17)19(20,21)22/h4-11,14H,12H2,1-3H3,(H,23,25)/t14-/m0/s1. The van der Waals surface area contributed by atoms with Gasteiger partial charge in [-0.2, -0.15) is 13.2 Å². The van der Waals surface area contributed by atoms with E-state index in [9.17, 15) is 26.4 Å². The van der Waals surface area contributed by atoms with E-state index in [0.29, 0.717) is 10.4 Å². The first-order valence-electron chi connectivity index (χ1n) is 8.39. The molecular weight excluding hydrogens is 393 g/mol. The van der Waals surface area contributed by atoms with Crippen LogP contribution in [-0.4, -0.2) is 27.1 Å². The molecule has 152 valence electrons. The second-order valence-electron chi connectivity index (χ2n) is 6.52. The highest BCUT2D eigenvalue weighted by Crippen LogP contribution is 2.32. The van der Waals surface area contributed by atoms with Crippen molar-refractivity contribution in [3.63, 3.8) is 0 Å². The van der Waals surface area contributed by atoms with E-state index < -0.39 is 40.3 Å². The second-order valence-corrected chi connectivity index (χ2v) is 8.42. The number of hydrogen-bond donors (Lipinski definition) is 1. The lowest BCUT2D eigenvalue weighted by Gasteiger charge is -2.24. The summed E-state index contributed by atoms with van der Waals surface area (Å²) in [6, 6.07) is 10.9. The molecule has 1 atom stereocenters. The average molecular weight is 414 g/mol. The van der Waals surface area contributed by atoms with Crippen LogP contribution in [0.5, 0.6) is 0 Å². The van der Waals surface area contributed by atoms with Gasteiger partial charge in [0.15, 0.2) is 0 Å². The van der Waals surface area contributed by atoms with Gasteiger partial charge in [0, 0.05) is 0 Å². The first-order chi connectivity index (χ1) is 12.9. The van der Waals surface area contributed by atoms with E-state index in [1.807, 2.05) is 31.2 Å². The zero-order valence-corrected chi connectivity index (χ0v) is 16.4. The predicted octanol–water partition coefficient (Wildman–Crippen LogP) is 3.66. The Labute approximate surface area is 162 Å². The Hall–Kier alpha value is -2.55. The topological polar surface area (TPSA) is 66.5 Å². The number of aryl methyl sites for hydroxylation is 1. The van der Waals surface area contributed by atoms with Crippen LogP contribution in [0, 0.1) is 6.92 Å². The smallest absolute Gasteiger partial charge is 0.348 e.